The second kappa shape index (κ2) is 5.99. The van der Waals surface area contributed by atoms with Crippen molar-refractivity contribution in [1.29, 1.82) is 0 Å². The van der Waals surface area contributed by atoms with Gasteiger partial charge in [-0.2, -0.15) is 0 Å². The lowest BCUT2D eigenvalue weighted by Crippen LogP contribution is -2.07. The standard InChI is InChI=1S/C16H13F3O2/c1-9(2)21-15-4-3-10(5-12(15)8-20)11-6-13(17)16(19)14(18)7-11/h3-9H,1-2H3. The Kier molecular flexibility index (Phi) is 4.31. The summed E-state index contributed by atoms with van der Waals surface area (Å²) in [5.74, 6) is -3.69. The number of aldehydes is 1. The van der Waals surface area contributed by atoms with E-state index in [4.69, 9.17) is 4.74 Å². The van der Waals surface area contributed by atoms with Gasteiger partial charge in [0.1, 0.15) is 5.75 Å². The molecule has 5 heteroatoms. The smallest absolute Gasteiger partial charge is 0.194 e. The van der Waals surface area contributed by atoms with Gasteiger partial charge in [0, 0.05) is 0 Å². The minimum Gasteiger partial charge on any atom is -0.490 e. The van der Waals surface area contributed by atoms with Crippen molar-refractivity contribution in [1.82, 2.24) is 0 Å². The van der Waals surface area contributed by atoms with Crippen molar-refractivity contribution in [3.8, 4) is 16.9 Å². The normalized spacial score (nSPS) is 10.8. The van der Waals surface area contributed by atoms with E-state index in [1.807, 2.05) is 13.8 Å². The van der Waals surface area contributed by atoms with E-state index in [0.717, 1.165) is 12.1 Å². The number of carbonyl (C=O) groups is 1. The van der Waals surface area contributed by atoms with Crippen LogP contribution in [0.4, 0.5) is 13.2 Å². The van der Waals surface area contributed by atoms with Gasteiger partial charge in [-0.15, -0.1) is 0 Å². The molecule has 0 bridgehead atoms. The van der Waals surface area contributed by atoms with Crippen molar-refractivity contribution in [2.75, 3.05) is 0 Å². The summed E-state index contributed by atoms with van der Waals surface area (Å²) in [6.45, 7) is 3.63. The molecule has 110 valence electrons. The minimum atomic E-state index is -1.52. The van der Waals surface area contributed by atoms with Crippen LogP contribution < -0.4 is 4.74 Å². The largest absolute Gasteiger partial charge is 0.490 e. The molecule has 2 aromatic carbocycles. The SMILES string of the molecule is CC(C)Oc1ccc(-c2cc(F)c(F)c(F)c2)cc1C=O. The summed E-state index contributed by atoms with van der Waals surface area (Å²) < 4.78 is 44.9. The number of benzene rings is 2. The van der Waals surface area contributed by atoms with E-state index in [1.165, 1.54) is 12.1 Å². The molecule has 0 aromatic heterocycles. The molecule has 0 aliphatic carbocycles. The Hall–Kier alpha value is -2.30. The van der Waals surface area contributed by atoms with Gasteiger partial charge < -0.3 is 4.74 Å². The Balaban J connectivity index is 2.48. The Labute approximate surface area is 120 Å². The molecule has 0 amide bonds. The zero-order chi connectivity index (χ0) is 15.6. The highest BCUT2D eigenvalue weighted by Crippen LogP contribution is 2.28. The summed E-state index contributed by atoms with van der Waals surface area (Å²) in [5, 5.41) is 0. The van der Waals surface area contributed by atoms with Crippen LogP contribution in [0.15, 0.2) is 30.3 Å². The third kappa shape index (κ3) is 3.24. The van der Waals surface area contributed by atoms with Gasteiger partial charge in [0.2, 0.25) is 0 Å². The Morgan fingerprint density at radius 2 is 1.62 bits per heavy atom. The van der Waals surface area contributed by atoms with Crippen LogP contribution in [0.1, 0.15) is 24.2 Å². The average molecular weight is 294 g/mol. The zero-order valence-electron chi connectivity index (χ0n) is 11.5. The van der Waals surface area contributed by atoms with Crippen LogP contribution >= 0.6 is 0 Å². The van der Waals surface area contributed by atoms with Gasteiger partial charge in [-0.1, -0.05) is 6.07 Å². The molecule has 0 aliphatic rings. The summed E-state index contributed by atoms with van der Waals surface area (Å²) >= 11 is 0. The van der Waals surface area contributed by atoms with E-state index in [1.54, 1.807) is 6.07 Å². The van der Waals surface area contributed by atoms with E-state index in [-0.39, 0.29) is 17.2 Å². The predicted octanol–water partition coefficient (Wildman–Crippen LogP) is 4.37. The Morgan fingerprint density at radius 1 is 1.00 bits per heavy atom. The Morgan fingerprint density at radius 3 is 2.14 bits per heavy atom. The second-order valence-electron chi connectivity index (χ2n) is 4.79. The maximum Gasteiger partial charge on any atom is 0.194 e. The molecule has 0 aliphatic heterocycles. The molecule has 0 saturated heterocycles. The highest BCUT2D eigenvalue weighted by Gasteiger charge is 2.13. The fraction of sp³-hybridized carbons (Fsp3) is 0.188. The summed E-state index contributed by atoms with van der Waals surface area (Å²) in [7, 11) is 0. The van der Waals surface area contributed by atoms with E-state index < -0.39 is 17.5 Å². The molecule has 0 atom stereocenters. The van der Waals surface area contributed by atoms with Crippen LogP contribution in [-0.4, -0.2) is 12.4 Å². The quantitative estimate of drug-likeness (QED) is 0.618. The monoisotopic (exact) mass is 294 g/mol. The van der Waals surface area contributed by atoms with E-state index >= 15 is 0 Å². The zero-order valence-corrected chi connectivity index (χ0v) is 11.5. The van der Waals surface area contributed by atoms with Gasteiger partial charge in [-0.05, 0) is 49.2 Å². The lowest BCUT2D eigenvalue weighted by Gasteiger charge is -2.13. The molecule has 0 unspecified atom stereocenters. The number of rotatable bonds is 4. The highest BCUT2D eigenvalue weighted by atomic mass is 19.2. The number of ether oxygens (including phenoxy) is 1. The second-order valence-corrected chi connectivity index (χ2v) is 4.79. The van der Waals surface area contributed by atoms with Crippen molar-refractivity contribution in [3.05, 3.63) is 53.3 Å². The minimum absolute atomic E-state index is 0.115. The van der Waals surface area contributed by atoms with Crippen LogP contribution in [0.5, 0.6) is 5.75 Å². The van der Waals surface area contributed by atoms with E-state index in [0.29, 0.717) is 17.6 Å². The first-order valence-corrected chi connectivity index (χ1v) is 6.33. The van der Waals surface area contributed by atoms with Gasteiger partial charge in [0.25, 0.3) is 0 Å². The van der Waals surface area contributed by atoms with Crippen molar-refractivity contribution in [2.24, 2.45) is 0 Å². The number of halogens is 3. The Bertz CT molecular complexity index is 658. The van der Waals surface area contributed by atoms with E-state index in [2.05, 4.69) is 0 Å². The third-order valence-corrected chi connectivity index (χ3v) is 2.82. The van der Waals surface area contributed by atoms with Crippen molar-refractivity contribution in [3.63, 3.8) is 0 Å². The summed E-state index contributed by atoms with van der Waals surface area (Å²) in [6.07, 6.45) is 0.479. The molecule has 0 N–H and O–H groups in total. The van der Waals surface area contributed by atoms with Gasteiger partial charge in [0.05, 0.1) is 11.7 Å². The van der Waals surface area contributed by atoms with Crippen LogP contribution in [0.25, 0.3) is 11.1 Å². The average Bonchev–Trinajstić information content (AvgIpc) is 2.44. The van der Waals surface area contributed by atoms with Crippen molar-refractivity contribution in [2.45, 2.75) is 20.0 Å². The van der Waals surface area contributed by atoms with Crippen molar-refractivity contribution >= 4 is 6.29 Å². The fourth-order valence-electron chi connectivity index (χ4n) is 1.90. The first kappa shape index (κ1) is 15.1. The molecular formula is C16H13F3O2. The lowest BCUT2D eigenvalue weighted by atomic mass is 10.0. The maximum absolute atomic E-state index is 13.3. The first-order chi connectivity index (χ1) is 9.92. The summed E-state index contributed by atoms with van der Waals surface area (Å²) in [5.41, 5.74) is 0.794. The molecule has 0 saturated carbocycles. The third-order valence-electron chi connectivity index (χ3n) is 2.82. The predicted molar refractivity (Wildman–Crippen MR) is 72.9 cm³/mol. The summed E-state index contributed by atoms with van der Waals surface area (Å²) in [6, 6.07) is 6.29. The van der Waals surface area contributed by atoms with Gasteiger partial charge in [-0.25, -0.2) is 13.2 Å². The molecule has 0 fully saturated rings. The van der Waals surface area contributed by atoms with Gasteiger partial charge in [0.15, 0.2) is 23.7 Å². The fourth-order valence-corrected chi connectivity index (χ4v) is 1.90. The molecular weight excluding hydrogens is 281 g/mol. The molecule has 21 heavy (non-hydrogen) atoms. The number of hydrogen-bond donors (Lipinski definition) is 0. The number of hydrogen-bond acceptors (Lipinski definition) is 2. The van der Waals surface area contributed by atoms with Gasteiger partial charge >= 0.3 is 0 Å². The van der Waals surface area contributed by atoms with E-state index in [9.17, 15) is 18.0 Å². The summed E-state index contributed by atoms with van der Waals surface area (Å²) in [4.78, 5) is 11.1. The first-order valence-electron chi connectivity index (χ1n) is 6.33. The maximum atomic E-state index is 13.3. The molecule has 2 aromatic rings. The van der Waals surface area contributed by atoms with Gasteiger partial charge in [-0.3, -0.25) is 4.79 Å². The molecule has 2 rings (SSSR count). The van der Waals surface area contributed by atoms with Crippen LogP contribution in [0.2, 0.25) is 0 Å². The number of carbonyl (C=O) groups excluding carboxylic acids is 1. The van der Waals surface area contributed by atoms with Crippen LogP contribution in [0, 0.1) is 17.5 Å². The lowest BCUT2D eigenvalue weighted by molar-refractivity contribution is 0.111. The molecule has 2 nitrogen and oxygen atoms in total. The molecule has 0 heterocycles. The topological polar surface area (TPSA) is 26.3 Å². The highest BCUT2D eigenvalue weighted by molar-refractivity contribution is 5.83. The molecule has 0 spiro atoms. The van der Waals surface area contributed by atoms with Crippen LogP contribution in [-0.2, 0) is 0 Å². The van der Waals surface area contributed by atoms with Crippen molar-refractivity contribution < 1.29 is 22.7 Å². The van der Waals surface area contributed by atoms with Crippen LogP contribution in [0.3, 0.4) is 0 Å². The molecule has 0 radical (unpaired) electrons.